The molecule has 5 aliphatic rings. The minimum absolute atomic E-state index is 0.00228. The van der Waals surface area contributed by atoms with Crippen LogP contribution < -0.4 is 10.6 Å². The molecule has 1 aromatic heterocycles. The molecule has 5 saturated carbocycles. The van der Waals surface area contributed by atoms with Gasteiger partial charge in [-0.2, -0.15) is 0 Å². The number of imidazole rings is 1. The second-order valence-electron chi connectivity index (χ2n) is 12.4. The van der Waals surface area contributed by atoms with Gasteiger partial charge in [0.15, 0.2) is 0 Å². The fourth-order valence-corrected chi connectivity index (χ4v) is 8.17. The molecule has 3 aromatic rings. The normalized spacial score (nSPS) is 28.9. The molecule has 6 nitrogen and oxygen atoms in total. The summed E-state index contributed by atoms with van der Waals surface area (Å²) in [5.41, 5.74) is 4.04. The third kappa shape index (κ3) is 4.34. The van der Waals surface area contributed by atoms with E-state index in [9.17, 15) is 9.59 Å². The molecule has 0 aliphatic heterocycles. The van der Waals surface area contributed by atoms with Crippen LogP contribution in [0, 0.1) is 23.2 Å². The number of amides is 2. The maximum atomic E-state index is 13.5. The Morgan fingerprint density at radius 3 is 2.22 bits per heavy atom. The number of aromatic amines is 1. The molecule has 192 valence electrons. The van der Waals surface area contributed by atoms with Crippen LogP contribution in [0.1, 0.15) is 81.0 Å². The van der Waals surface area contributed by atoms with Crippen molar-refractivity contribution >= 4 is 28.5 Å². The predicted octanol–water partition coefficient (Wildman–Crippen LogP) is 6.45. The van der Waals surface area contributed by atoms with Crippen molar-refractivity contribution in [3.05, 3.63) is 48.0 Å². The zero-order valence-corrected chi connectivity index (χ0v) is 21.4. The third-order valence-electron chi connectivity index (χ3n) is 9.62. The molecular formula is C31H36N4O2. The minimum Gasteiger partial charge on any atom is -0.349 e. The van der Waals surface area contributed by atoms with E-state index in [0.717, 1.165) is 78.0 Å². The van der Waals surface area contributed by atoms with Crippen LogP contribution in [0.3, 0.4) is 0 Å². The van der Waals surface area contributed by atoms with Gasteiger partial charge in [0.05, 0.1) is 16.4 Å². The third-order valence-corrected chi connectivity index (χ3v) is 9.62. The van der Waals surface area contributed by atoms with Gasteiger partial charge in [0, 0.05) is 22.9 Å². The summed E-state index contributed by atoms with van der Waals surface area (Å²) in [5.74, 6) is 3.22. The number of aromatic nitrogens is 2. The van der Waals surface area contributed by atoms with Crippen LogP contribution in [0.4, 0.5) is 5.69 Å². The molecule has 0 radical (unpaired) electrons. The molecule has 0 spiro atoms. The first-order valence-electron chi connectivity index (χ1n) is 14.3. The first kappa shape index (κ1) is 23.0. The van der Waals surface area contributed by atoms with Crippen LogP contribution in [0.15, 0.2) is 42.5 Å². The minimum atomic E-state index is -0.161. The molecule has 1 heterocycles. The number of nitrogens with zero attached hydrogens (tertiary/aromatic N) is 1. The number of hydrogen-bond acceptors (Lipinski definition) is 3. The second kappa shape index (κ2) is 9.00. The van der Waals surface area contributed by atoms with Crippen molar-refractivity contribution in [2.24, 2.45) is 23.2 Å². The van der Waals surface area contributed by atoms with Crippen molar-refractivity contribution in [2.45, 2.75) is 76.7 Å². The second-order valence-corrected chi connectivity index (χ2v) is 12.4. The molecule has 37 heavy (non-hydrogen) atoms. The predicted molar refractivity (Wildman–Crippen MR) is 145 cm³/mol. The maximum absolute atomic E-state index is 13.5. The molecular weight excluding hydrogens is 460 g/mol. The zero-order valence-electron chi connectivity index (χ0n) is 21.4. The molecule has 0 unspecified atom stereocenters. The SMILES string of the molecule is O=C(NC1CCCCC1)c1ccc(-c2nc3cc(NC(=O)C45CC6CC(CC(C6)C4)C5)ccc3[nH]2)cc1. The Kier molecular flexibility index (Phi) is 5.60. The van der Waals surface area contributed by atoms with E-state index >= 15 is 0 Å². The van der Waals surface area contributed by atoms with Gasteiger partial charge in [0.1, 0.15) is 5.82 Å². The van der Waals surface area contributed by atoms with Crippen molar-refractivity contribution in [3.8, 4) is 11.4 Å². The average molecular weight is 497 g/mol. The number of nitrogens with one attached hydrogen (secondary N) is 3. The Morgan fingerprint density at radius 1 is 0.865 bits per heavy atom. The van der Waals surface area contributed by atoms with Crippen molar-refractivity contribution in [2.75, 3.05) is 5.32 Å². The Hall–Kier alpha value is -3.15. The maximum Gasteiger partial charge on any atom is 0.251 e. The smallest absolute Gasteiger partial charge is 0.251 e. The Labute approximate surface area is 218 Å². The van der Waals surface area contributed by atoms with E-state index in [4.69, 9.17) is 4.98 Å². The summed E-state index contributed by atoms with van der Waals surface area (Å²) in [6, 6.07) is 13.9. The number of benzene rings is 2. The van der Waals surface area contributed by atoms with Gasteiger partial charge in [0.25, 0.3) is 5.91 Å². The molecule has 6 heteroatoms. The van der Waals surface area contributed by atoms with Gasteiger partial charge in [-0.15, -0.1) is 0 Å². The van der Waals surface area contributed by atoms with Crippen molar-refractivity contribution in [3.63, 3.8) is 0 Å². The van der Waals surface area contributed by atoms with Gasteiger partial charge in [0.2, 0.25) is 5.91 Å². The molecule has 4 bridgehead atoms. The van der Waals surface area contributed by atoms with E-state index in [-0.39, 0.29) is 17.2 Å². The summed E-state index contributed by atoms with van der Waals surface area (Å²) in [4.78, 5) is 34.3. The standard InChI is InChI=1S/C31H36N4O2/c36-29(32-24-4-2-1-3-5-24)23-8-6-22(7-9-23)28-34-26-11-10-25(15-27(26)35-28)33-30(37)31-16-19-12-20(17-31)14-21(13-19)18-31/h6-11,15,19-21,24H,1-5,12-14,16-18H2,(H,32,36)(H,33,37)(H,34,35). The molecule has 0 atom stereocenters. The molecule has 2 aromatic carbocycles. The molecule has 5 fully saturated rings. The van der Waals surface area contributed by atoms with Crippen molar-refractivity contribution in [1.82, 2.24) is 15.3 Å². The van der Waals surface area contributed by atoms with Crippen LogP contribution in [0.5, 0.6) is 0 Å². The number of H-pyrrole nitrogens is 1. The highest BCUT2D eigenvalue weighted by molar-refractivity contribution is 5.97. The van der Waals surface area contributed by atoms with Crippen LogP contribution in [0.2, 0.25) is 0 Å². The van der Waals surface area contributed by atoms with Gasteiger partial charge in [-0.3, -0.25) is 9.59 Å². The Morgan fingerprint density at radius 2 is 1.54 bits per heavy atom. The van der Waals surface area contributed by atoms with Crippen molar-refractivity contribution in [1.29, 1.82) is 0 Å². The van der Waals surface area contributed by atoms with Gasteiger partial charge >= 0.3 is 0 Å². The number of anilines is 1. The van der Waals surface area contributed by atoms with Gasteiger partial charge in [-0.25, -0.2) is 4.98 Å². The summed E-state index contributed by atoms with van der Waals surface area (Å²) >= 11 is 0. The summed E-state index contributed by atoms with van der Waals surface area (Å²) < 4.78 is 0. The summed E-state index contributed by atoms with van der Waals surface area (Å²) in [7, 11) is 0. The zero-order chi connectivity index (χ0) is 25.0. The van der Waals surface area contributed by atoms with E-state index in [0.29, 0.717) is 11.6 Å². The van der Waals surface area contributed by atoms with Crippen LogP contribution in [0.25, 0.3) is 22.4 Å². The summed E-state index contributed by atoms with van der Waals surface area (Å²) in [6.07, 6.45) is 13.0. The van der Waals surface area contributed by atoms with E-state index < -0.39 is 0 Å². The highest BCUT2D eigenvalue weighted by Gasteiger charge is 2.54. The fraction of sp³-hybridized carbons (Fsp3) is 0.516. The summed E-state index contributed by atoms with van der Waals surface area (Å²) in [5, 5.41) is 6.44. The molecule has 8 rings (SSSR count). The molecule has 2 amide bonds. The van der Waals surface area contributed by atoms with Crippen LogP contribution in [-0.2, 0) is 4.79 Å². The van der Waals surface area contributed by atoms with E-state index in [2.05, 4.69) is 15.6 Å². The van der Waals surface area contributed by atoms with Crippen molar-refractivity contribution < 1.29 is 9.59 Å². The van der Waals surface area contributed by atoms with Crippen LogP contribution >= 0.6 is 0 Å². The lowest BCUT2D eigenvalue weighted by molar-refractivity contribution is -0.140. The molecule has 3 N–H and O–H groups in total. The van der Waals surface area contributed by atoms with Gasteiger partial charge in [-0.1, -0.05) is 31.4 Å². The lowest BCUT2D eigenvalue weighted by Crippen LogP contribution is -2.51. The highest BCUT2D eigenvalue weighted by Crippen LogP contribution is 2.60. The Bertz CT molecular complexity index is 1300. The number of carbonyl (C=O) groups is 2. The lowest BCUT2D eigenvalue weighted by Gasteiger charge is -2.55. The Balaban J connectivity index is 1.05. The number of fused-ring (bicyclic) bond motifs is 1. The number of carbonyl (C=O) groups excluding carboxylic acids is 2. The van der Waals surface area contributed by atoms with Gasteiger partial charge in [-0.05, 0) is 99.5 Å². The first-order valence-corrected chi connectivity index (χ1v) is 14.3. The van der Waals surface area contributed by atoms with E-state index in [1.165, 1.54) is 38.5 Å². The topological polar surface area (TPSA) is 86.9 Å². The number of rotatable bonds is 5. The quantitative estimate of drug-likeness (QED) is 0.379. The number of hydrogen-bond donors (Lipinski definition) is 3. The fourth-order valence-electron chi connectivity index (χ4n) is 8.17. The largest absolute Gasteiger partial charge is 0.349 e. The van der Waals surface area contributed by atoms with Gasteiger partial charge < -0.3 is 15.6 Å². The van der Waals surface area contributed by atoms with E-state index in [1.807, 2.05) is 42.5 Å². The lowest BCUT2D eigenvalue weighted by atomic mass is 9.49. The van der Waals surface area contributed by atoms with E-state index in [1.54, 1.807) is 0 Å². The summed E-state index contributed by atoms with van der Waals surface area (Å²) in [6.45, 7) is 0. The first-order chi connectivity index (χ1) is 18.0. The van der Waals surface area contributed by atoms with Crippen LogP contribution in [-0.4, -0.2) is 27.8 Å². The molecule has 0 saturated heterocycles. The molecule has 5 aliphatic carbocycles. The highest BCUT2D eigenvalue weighted by atomic mass is 16.2. The average Bonchev–Trinajstić information content (AvgIpc) is 3.32. The monoisotopic (exact) mass is 496 g/mol.